The molecule has 1 nitrogen and oxygen atoms in total. The van der Waals surface area contributed by atoms with Gasteiger partial charge in [0.1, 0.15) is 0 Å². The number of ether oxygens (including phenoxy) is 1. The first-order chi connectivity index (χ1) is 7.88. The van der Waals surface area contributed by atoms with Crippen molar-refractivity contribution in [2.75, 3.05) is 6.61 Å². The van der Waals surface area contributed by atoms with Crippen molar-refractivity contribution >= 4 is 0 Å². The van der Waals surface area contributed by atoms with Crippen LogP contribution in [0.25, 0.3) is 0 Å². The Labute approximate surface area is 99.1 Å². The highest BCUT2D eigenvalue weighted by Crippen LogP contribution is 2.23. The van der Waals surface area contributed by atoms with Crippen LogP contribution in [0, 0.1) is 0 Å². The minimum atomic E-state index is 0.228. The molecule has 16 heavy (non-hydrogen) atoms. The van der Waals surface area contributed by atoms with Crippen molar-refractivity contribution in [3.8, 4) is 0 Å². The second-order valence-electron chi connectivity index (χ2n) is 4.02. The molecule has 88 valence electrons. The molecule has 1 heteroatoms. The molecule has 0 saturated carbocycles. The van der Waals surface area contributed by atoms with Crippen LogP contribution in [0.15, 0.2) is 43.0 Å². The zero-order valence-electron chi connectivity index (χ0n) is 10.2. The van der Waals surface area contributed by atoms with E-state index in [1.54, 1.807) is 0 Å². The van der Waals surface area contributed by atoms with Gasteiger partial charge in [-0.2, -0.15) is 0 Å². The van der Waals surface area contributed by atoms with Gasteiger partial charge in [0, 0.05) is 0 Å². The Balaban J connectivity index is 2.52. The predicted octanol–water partition coefficient (Wildman–Crippen LogP) is 4.51. The summed E-state index contributed by atoms with van der Waals surface area (Å²) < 4.78 is 5.81. The van der Waals surface area contributed by atoms with Gasteiger partial charge >= 0.3 is 0 Å². The highest BCUT2D eigenvalue weighted by Gasteiger charge is 2.10. The van der Waals surface area contributed by atoms with E-state index >= 15 is 0 Å². The normalized spacial score (nSPS) is 12.3. The molecule has 0 aromatic heterocycles. The van der Waals surface area contributed by atoms with Gasteiger partial charge in [0.25, 0.3) is 0 Å². The summed E-state index contributed by atoms with van der Waals surface area (Å²) in [4.78, 5) is 0. The Bertz CT molecular complexity index is 279. The van der Waals surface area contributed by atoms with Gasteiger partial charge in [0.15, 0.2) is 0 Å². The van der Waals surface area contributed by atoms with E-state index in [-0.39, 0.29) is 6.10 Å². The van der Waals surface area contributed by atoms with E-state index in [0.29, 0.717) is 6.61 Å². The predicted molar refractivity (Wildman–Crippen MR) is 69.5 cm³/mol. The summed E-state index contributed by atoms with van der Waals surface area (Å²) >= 11 is 0. The molecule has 1 aromatic carbocycles. The molecular formula is C15H22O. The molecule has 0 spiro atoms. The maximum atomic E-state index is 5.81. The second kappa shape index (κ2) is 8.12. The van der Waals surface area contributed by atoms with Crippen molar-refractivity contribution in [1.82, 2.24) is 0 Å². The zero-order valence-corrected chi connectivity index (χ0v) is 10.2. The standard InChI is InChI=1S/C15H22O/c1-3-5-7-12-15(16-13-4-2)14-10-8-6-9-11-14/h4,6,8-11,15H,2-3,5,7,12-13H2,1H3. The van der Waals surface area contributed by atoms with Crippen LogP contribution in [0.3, 0.4) is 0 Å². The molecule has 0 N–H and O–H groups in total. The van der Waals surface area contributed by atoms with E-state index in [1.165, 1.54) is 24.8 Å². The van der Waals surface area contributed by atoms with E-state index in [1.807, 2.05) is 12.1 Å². The third-order valence-corrected chi connectivity index (χ3v) is 2.66. The number of unbranched alkanes of at least 4 members (excludes halogenated alkanes) is 2. The molecule has 1 unspecified atom stereocenters. The highest BCUT2D eigenvalue weighted by atomic mass is 16.5. The summed E-state index contributed by atoms with van der Waals surface area (Å²) in [6, 6.07) is 10.5. The summed E-state index contributed by atoms with van der Waals surface area (Å²) in [5.74, 6) is 0. The van der Waals surface area contributed by atoms with Gasteiger partial charge in [-0.1, -0.05) is 62.6 Å². The van der Waals surface area contributed by atoms with Crippen molar-refractivity contribution in [3.05, 3.63) is 48.6 Å². The van der Waals surface area contributed by atoms with Crippen LogP contribution in [0.5, 0.6) is 0 Å². The Morgan fingerprint density at radius 2 is 2.00 bits per heavy atom. The van der Waals surface area contributed by atoms with Crippen LogP contribution in [0.4, 0.5) is 0 Å². The van der Waals surface area contributed by atoms with E-state index in [9.17, 15) is 0 Å². The van der Waals surface area contributed by atoms with E-state index in [4.69, 9.17) is 4.74 Å². The topological polar surface area (TPSA) is 9.23 Å². The molecule has 0 aliphatic heterocycles. The molecule has 0 saturated heterocycles. The van der Waals surface area contributed by atoms with Gasteiger partial charge in [-0.15, -0.1) is 6.58 Å². The van der Waals surface area contributed by atoms with Crippen molar-refractivity contribution < 1.29 is 4.74 Å². The quantitative estimate of drug-likeness (QED) is 0.461. The fraction of sp³-hybridized carbons (Fsp3) is 0.467. The minimum Gasteiger partial charge on any atom is -0.369 e. The van der Waals surface area contributed by atoms with Crippen LogP contribution in [0.2, 0.25) is 0 Å². The van der Waals surface area contributed by atoms with Gasteiger partial charge in [0.2, 0.25) is 0 Å². The first-order valence-corrected chi connectivity index (χ1v) is 6.16. The Kier molecular flexibility index (Phi) is 6.59. The van der Waals surface area contributed by atoms with Crippen LogP contribution in [-0.2, 0) is 4.74 Å². The number of benzene rings is 1. The van der Waals surface area contributed by atoms with E-state index < -0.39 is 0 Å². The fourth-order valence-corrected chi connectivity index (χ4v) is 1.78. The van der Waals surface area contributed by atoms with Crippen molar-refractivity contribution in [1.29, 1.82) is 0 Å². The van der Waals surface area contributed by atoms with Gasteiger partial charge in [-0.25, -0.2) is 0 Å². The van der Waals surface area contributed by atoms with E-state index in [2.05, 4.69) is 37.8 Å². The smallest absolute Gasteiger partial charge is 0.0829 e. The summed E-state index contributed by atoms with van der Waals surface area (Å²) in [5, 5.41) is 0. The lowest BCUT2D eigenvalue weighted by Crippen LogP contribution is -2.04. The Morgan fingerprint density at radius 1 is 1.25 bits per heavy atom. The SMILES string of the molecule is C=CCOC(CCCCC)c1ccccc1. The minimum absolute atomic E-state index is 0.228. The largest absolute Gasteiger partial charge is 0.369 e. The van der Waals surface area contributed by atoms with Crippen LogP contribution in [0.1, 0.15) is 44.3 Å². The lowest BCUT2D eigenvalue weighted by Gasteiger charge is -2.17. The first-order valence-electron chi connectivity index (χ1n) is 6.16. The maximum absolute atomic E-state index is 5.81. The highest BCUT2D eigenvalue weighted by molar-refractivity contribution is 5.17. The number of hydrogen-bond acceptors (Lipinski definition) is 1. The molecule has 1 rings (SSSR count). The van der Waals surface area contributed by atoms with Gasteiger partial charge in [0.05, 0.1) is 12.7 Å². The average molecular weight is 218 g/mol. The van der Waals surface area contributed by atoms with Gasteiger partial charge < -0.3 is 4.74 Å². The monoisotopic (exact) mass is 218 g/mol. The lowest BCUT2D eigenvalue weighted by molar-refractivity contribution is 0.0655. The van der Waals surface area contributed by atoms with Crippen LogP contribution >= 0.6 is 0 Å². The van der Waals surface area contributed by atoms with Gasteiger partial charge in [-0.05, 0) is 12.0 Å². The average Bonchev–Trinajstić information content (AvgIpc) is 2.35. The van der Waals surface area contributed by atoms with Crippen LogP contribution < -0.4 is 0 Å². The summed E-state index contributed by atoms with van der Waals surface area (Å²) in [7, 11) is 0. The summed E-state index contributed by atoms with van der Waals surface area (Å²) in [5.41, 5.74) is 1.28. The molecule has 0 aliphatic rings. The summed E-state index contributed by atoms with van der Waals surface area (Å²) in [6.45, 7) is 6.55. The molecule has 1 atom stereocenters. The molecule has 0 aliphatic carbocycles. The van der Waals surface area contributed by atoms with E-state index in [0.717, 1.165) is 6.42 Å². The Hall–Kier alpha value is -1.08. The molecule has 0 radical (unpaired) electrons. The Morgan fingerprint density at radius 3 is 2.62 bits per heavy atom. The van der Waals surface area contributed by atoms with Crippen molar-refractivity contribution in [2.24, 2.45) is 0 Å². The second-order valence-corrected chi connectivity index (χ2v) is 4.02. The molecule has 0 fully saturated rings. The molecule has 1 aromatic rings. The maximum Gasteiger partial charge on any atom is 0.0829 e. The first kappa shape index (κ1) is 13.0. The number of rotatable bonds is 8. The number of hydrogen-bond donors (Lipinski definition) is 0. The lowest BCUT2D eigenvalue weighted by atomic mass is 10.0. The molecule has 0 heterocycles. The van der Waals surface area contributed by atoms with Crippen LogP contribution in [-0.4, -0.2) is 6.61 Å². The summed E-state index contributed by atoms with van der Waals surface area (Å²) in [6.07, 6.45) is 6.91. The molecular weight excluding hydrogens is 196 g/mol. The third kappa shape index (κ3) is 4.63. The van der Waals surface area contributed by atoms with Crippen molar-refractivity contribution in [2.45, 2.75) is 38.7 Å². The van der Waals surface area contributed by atoms with Crippen molar-refractivity contribution in [3.63, 3.8) is 0 Å². The molecule has 0 bridgehead atoms. The molecule has 0 amide bonds. The van der Waals surface area contributed by atoms with Gasteiger partial charge in [-0.3, -0.25) is 0 Å². The zero-order chi connectivity index (χ0) is 11.6. The third-order valence-electron chi connectivity index (χ3n) is 2.66. The fourth-order valence-electron chi connectivity index (χ4n) is 1.78.